The minimum absolute atomic E-state index is 0.0549. The van der Waals surface area contributed by atoms with E-state index < -0.39 is 23.1 Å². The van der Waals surface area contributed by atoms with Gasteiger partial charge in [0.05, 0.1) is 6.54 Å². The van der Waals surface area contributed by atoms with Crippen molar-refractivity contribution < 1.29 is 18.7 Å². The van der Waals surface area contributed by atoms with Gasteiger partial charge in [-0.15, -0.1) is 0 Å². The van der Waals surface area contributed by atoms with E-state index in [9.17, 15) is 18.7 Å². The van der Waals surface area contributed by atoms with Gasteiger partial charge in [0, 0.05) is 11.6 Å². The third-order valence-electron chi connectivity index (χ3n) is 2.86. The Morgan fingerprint density at radius 3 is 2.55 bits per heavy atom. The molecule has 0 fully saturated rings. The maximum absolute atomic E-state index is 13.0. The van der Waals surface area contributed by atoms with Crippen molar-refractivity contribution in [3.63, 3.8) is 0 Å². The Labute approximate surface area is 118 Å². The predicted molar refractivity (Wildman–Crippen MR) is 72.6 cm³/mol. The van der Waals surface area contributed by atoms with Gasteiger partial charge in [-0.2, -0.15) is 11.3 Å². The van der Waals surface area contributed by atoms with Gasteiger partial charge in [-0.1, -0.05) is 0 Å². The average molecular weight is 297 g/mol. The van der Waals surface area contributed by atoms with Crippen molar-refractivity contribution in [2.45, 2.75) is 12.5 Å². The summed E-state index contributed by atoms with van der Waals surface area (Å²) in [5.74, 6) is -2.28. The first-order valence-electron chi connectivity index (χ1n) is 5.88. The topological polar surface area (TPSA) is 49.3 Å². The lowest BCUT2D eigenvalue weighted by atomic mass is 9.99. The van der Waals surface area contributed by atoms with Crippen LogP contribution in [-0.2, 0) is 5.60 Å². The van der Waals surface area contributed by atoms with Crippen molar-refractivity contribution in [3.05, 3.63) is 57.8 Å². The number of carbonyl (C=O) groups is 1. The molecule has 1 heterocycles. The van der Waals surface area contributed by atoms with Crippen LogP contribution >= 0.6 is 11.3 Å². The lowest BCUT2D eigenvalue weighted by molar-refractivity contribution is 0.0530. The van der Waals surface area contributed by atoms with Crippen LogP contribution in [0.25, 0.3) is 0 Å². The molecule has 0 radical (unpaired) electrons. The molecular weight excluding hydrogens is 284 g/mol. The lowest BCUT2D eigenvalue weighted by Gasteiger charge is -2.22. The number of thiophene rings is 1. The summed E-state index contributed by atoms with van der Waals surface area (Å²) < 4.78 is 26.0. The van der Waals surface area contributed by atoms with Crippen molar-refractivity contribution in [2.24, 2.45) is 0 Å². The van der Waals surface area contributed by atoms with E-state index in [1.165, 1.54) is 11.3 Å². The van der Waals surface area contributed by atoms with Gasteiger partial charge in [0.2, 0.25) is 0 Å². The van der Waals surface area contributed by atoms with E-state index in [1.807, 2.05) is 5.38 Å². The van der Waals surface area contributed by atoms with E-state index >= 15 is 0 Å². The SMILES string of the molecule is CC(O)(CNC(=O)c1cc(F)cc(F)c1)c1ccsc1. The van der Waals surface area contributed by atoms with Crippen LogP contribution in [-0.4, -0.2) is 17.6 Å². The van der Waals surface area contributed by atoms with Crippen LogP contribution in [0.2, 0.25) is 0 Å². The van der Waals surface area contributed by atoms with Gasteiger partial charge in [-0.05, 0) is 41.4 Å². The van der Waals surface area contributed by atoms with E-state index in [0.717, 1.165) is 12.1 Å². The first-order valence-corrected chi connectivity index (χ1v) is 6.82. The van der Waals surface area contributed by atoms with E-state index in [4.69, 9.17) is 0 Å². The molecule has 1 amide bonds. The zero-order valence-corrected chi connectivity index (χ0v) is 11.5. The minimum Gasteiger partial charge on any atom is -0.384 e. The summed E-state index contributed by atoms with van der Waals surface area (Å²) in [6.07, 6.45) is 0. The zero-order chi connectivity index (χ0) is 14.8. The number of aliphatic hydroxyl groups is 1. The number of hydrogen-bond donors (Lipinski definition) is 2. The maximum atomic E-state index is 13.0. The molecule has 0 saturated carbocycles. The fourth-order valence-corrected chi connectivity index (χ4v) is 2.50. The molecule has 0 aliphatic heterocycles. The van der Waals surface area contributed by atoms with Gasteiger partial charge >= 0.3 is 0 Å². The second-order valence-corrected chi connectivity index (χ2v) is 5.41. The summed E-state index contributed by atoms with van der Waals surface area (Å²) in [4.78, 5) is 11.8. The standard InChI is InChI=1S/C14H13F2NO2S/c1-14(19,10-2-3-20-7-10)8-17-13(18)9-4-11(15)6-12(16)5-9/h2-7,19H,8H2,1H3,(H,17,18). The van der Waals surface area contributed by atoms with E-state index in [0.29, 0.717) is 11.6 Å². The highest BCUT2D eigenvalue weighted by Gasteiger charge is 2.24. The fourth-order valence-electron chi connectivity index (χ4n) is 1.71. The molecule has 1 aromatic heterocycles. The van der Waals surface area contributed by atoms with Gasteiger partial charge < -0.3 is 10.4 Å². The van der Waals surface area contributed by atoms with Crippen LogP contribution in [0.5, 0.6) is 0 Å². The van der Waals surface area contributed by atoms with E-state index in [-0.39, 0.29) is 12.1 Å². The van der Waals surface area contributed by atoms with Crippen LogP contribution in [0.4, 0.5) is 8.78 Å². The van der Waals surface area contributed by atoms with Gasteiger partial charge in [0.15, 0.2) is 0 Å². The molecule has 0 bridgehead atoms. The Hall–Kier alpha value is -1.79. The van der Waals surface area contributed by atoms with Gasteiger partial charge in [-0.3, -0.25) is 4.79 Å². The number of amides is 1. The maximum Gasteiger partial charge on any atom is 0.251 e. The molecule has 2 N–H and O–H groups in total. The molecule has 1 atom stereocenters. The van der Waals surface area contributed by atoms with Crippen molar-refractivity contribution in [2.75, 3.05) is 6.54 Å². The fraction of sp³-hybridized carbons (Fsp3) is 0.214. The third kappa shape index (κ3) is 3.40. The highest BCUT2D eigenvalue weighted by molar-refractivity contribution is 7.08. The van der Waals surface area contributed by atoms with Crippen LogP contribution in [0.15, 0.2) is 35.0 Å². The molecular formula is C14H13F2NO2S. The molecule has 2 aromatic rings. The number of rotatable bonds is 4. The van der Waals surface area contributed by atoms with Gasteiger partial charge in [-0.25, -0.2) is 8.78 Å². The molecule has 0 aliphatic rings. The summed E-state index contributed by atoms with van der Waals surface area (Å²) in [6.45, 7) is 1.50. The molecule has 1 aromatic carbocycles. The summed E-state index contributed by atoms with van der Waals surface area (Å²) in [6, 6.07) is 4.33. The Kier molecular flexibility index (Phi) is 4.15. The largest absolute Gasteiger partial charge is 0.384 e. The minimum atomic E-state index is -1.23. The van der Waals surface area contributed by atoms with Crippen LogP contribution in [0.3, 0.4) is 0 Å². The van der Waals surface area contributed by atoms with Crippen molar-refractivity contribution in [3.8, 4) is 0 Å². The van der Waals surface area contributed by atoms with Crippen molar-refractivity contribution in [1.82, 2.24) is 5.32 Å². The number of hydrogen-bond acceptors (Lipinski definition) is 3. The summed E-state index contributed by atoms with van der Waals surface area (Å²) >= 11 is 1.43. The van der Waals surface area contributed by atoms with Crippen LogP contribution in [0.1, 0.15) is 22.8 Å². The lowest BCUT2D eigenvalue weighted by Crippen LogP contribution is -2.38. The molecule has 6 heteroatoms. The number of nitrogens with one attached hydrogen (secondary N) is 1. The van der Waals surface area contributed by atoms with Gasteiger partial charge in [0.1, 0.15) is 17.2 Å². The Balaban J connectivity index is 2.05. The Morgan fingerprint density at radius 1 is 1.35 bits per heavy atom. The number of benzene rings is 1. The van der Waals surface area contributed by atoms with Crippen molar-refractivity contribution >= 4 is 17.2 Å². The predicted octanol–water partition coefficient (Wildman–Crippen LogP) is 2.66. The second kappa shape index (κ2) is 5.68. The summed E-state index contributed by atoms with van der Waals surface area (Å²) in [5, 5.41) is 16.3. The normalized spacial score (nSPS) is 13.8. The smallest absolute Gasteiger partial charge is 0.251 e. The third-order valence-corrected chi connectivity index (χ3v) is 3.54. The molecule has 1 unspecified atom stereocenters. The second-order valence-electron chi connectivity index (χ2n) is 4.63. The molecule has 0 saturated heterocycles. The molecule has 3 nitrogen and oxygen atoms in total. The number of halogens is 2. The Morgan fingerprint density at radius 2 is 2.00 bits per heavy atom. The first kappa shape index (κ1) is 14.6. The monoisotopic (exact) mass is 297 g/mol. The molecule has 20 heavy (non-hydrogen) atoms. The molecule has 0 aliphatic carbocycles. The van der Waals surface area contributed by atoms with Crippen molar-refractivity contribution in [1.29, 1.82) is 0 Å². The highest BCUT2D eigenvalue weighted by Crippen LogP contribution is 2.22. The molecule has 106 valence electrons. The van der Waals surface area contributed by atoms with E-state index in [2.05, 4.69) is 5.32 Å². The quantitative estimate of drug-likeness (QED) is 0.911. The average Bonchev–Trinajstić information content (AvgIpc) is 2.89. The van der Waals surface area contributed by atoms with Crippen LogP contribution < -0.4 is 5.32 Å². The number of carbonyl (C=O) groups excluding carboxylic acids is 1. The molecule has 2 rings (SSSR count). The van der Waals surface area contributed by atoms with Gasteiger partial charge in [0.25, 0.3) is 5.91 Å². The summed E-state index contributed by atoms with van der Waals surface area (Å²) in [5.41, 5.74) is -0.682. The zero-order valence-electron chi connectivity index (χ0n) is 10.7. The van der Waals surface area contributed by atoms with Crippen LogP contribution in [0, 0.1) is 11.6 Å². The highest BCUT2D eigenvalue weighted by atomic mass is 32.1. The molecule has 0 spiro atoms. The first-order chi connectivity index (χ1) is 9.38. The van der Waals surface area contributed by atoms with E-state index in [1.54, 1.807) is 18.4 Å². The Bertz CT molecular complexity index is 591. The summed E-state index contributed by atoms with van der Waals surface area (Å²) in [7, 11) is 0.